The summed E-state index contributed by atoms with van der Waals surface area (Å²) in [6, 6.07) is 14.5. The van der Waals surface area contributed by atoms with Crippen molar-refractivity contribution in [2.24, 2.45) is 0 Å². The van der Waals surface area contributed by atoms with E-state index in [1.165, 1.54) is 32.7 Å². The number of aromatic nitrogens is 2. The van der Waals surface area contributed by atoms with Gasteiger partial charge in [0.25, 0.3) is 0 Å². The van der Waals surface area contributed by atoms with E-state index in [4.69, 9.17) is 18.9 Å². The predicted octanol–water partition coefficient (Wildman–Crippen LogP) is 3.30. The van der Waals surface area contributed by atoms with Crippen molar-refractivity contribution < 1.29 is 71.6 Å². The minimum Gasteiger partial charge on any atom is -0.550 e. The zero-order valence-corrected chi connectivity index (χ0v) is 30.8. The van der Waals surface area contributed by atoms with Gasteiger partial charge in [0, 0.05) is 24.6 Å². The fourth-order valence-corrected chi connectivity index (χ4v) is 5.19. The van der Waals surface area contributed by atoms with Crippen molar-refractivity contribution in [3.63, 3.8) is 0 Å². The van der Waals surface area contributed by atoms with Gasteiger partial charge in [0.05, 0.1) is 57.5 Å². The third kappa shape index (κ3) is 10.3. The Morgan fingerprint density at radius 1 is 0.920 bits per heavy atom. The minimum absolute atomic E-state index is 0. The fraction of sp³-hybridized carbons (Fsp3) is 0.333. The molecule has 4 aromatic rings. The van der Waals surface area contributed by atoms with Crippen molar-refractivity contribution in [2.45, 2.75) is 51.9 Å². The number of hydrogen-bond donors (Lipinski definition) is 0. The van der Waals surface area contributed by atoms with E-state index in [1.807, 2.05) is 30.3 Å². The molecule has 258 valence electrons. The Morgan fingerprint density at radius 3 is 2.16 bits per heavy atom. The molecule has 4 rings (SSSR count). The summed E-state index contributed by atoms with van der Waals surface area (Å²) in [6.45, 7) is 4.20. The Balaban J connectivity index is 0.00000676. The van der Waals surface area contributed by atoms with Gasteiger partial charge in [0.2, 0.25) is 5.95 Å². The van der Waals surface area contributed by atoms with E-state index < -0.39 is 17.7 Å². The molecule has 0 aliphatic rings. The first-order valence-electron chi connectivity index (χ1n) is 15.3. The molecule has 0 saturated carbocycles. The first kappa shape index (κ1) is 39.9. The molecule has 0 spiro atoms. The fourth-order valence-electron chi connectivity index (χ4n) is 5.19. The maximum atomic E-state index is 13.8. The van der Waals surface area contributed by atoms with Gasteiger partial charge in [-0.2, -0.15) is 18.4 Å². The van der Waals surface area contributed by atoms with Crippen LogP contribution in [0.3, 0.4) is 0 Å². The van der Waals surface area contributed by atoms with Crippen LogP contribution in [0.15, 0.2) is 60.9 Å². The maximum absolute atomic E-state index is 13.8. The van der Waals surface area contributed by atoms with Gasteiger partial charge in [-0.3, -0.25) is 0 Å². The number of carboxylic acids is 1. The van der Waals surface area contributed by atoms with Gasteiger partial charge in [0.15, 0.2) is 17.2 Å². The molecule has 0 unspecified atom stereocenters. The van der Waals surface area contributed by atoms with E-state index in [-0.39, 0.29) is 90.8 Å². The second-order valence-corrected chi connectivity index (χ2v) is 11.4. The van der Waals surface area contributed by atoms with Crippen LogP contribution >= 0.6 is 0 Å². The van der Waals surface area contributed by atoms with Gasteiger partial charge in [-0.1, -0.05) is 19.9 Å². The van der Waals surface area contributed by atoms with E-state index in [2.05, 4.69) is 23.8 Å². The van der Waals surface area contributed by atoms with Gasteiger partial charge in [-0.25, -0.2) is 9.97 Å². The Bertz CT molecular complexity index is 1810. The molecule has 14 heteroatoms. The molecule has 0 fully saturated rings. The van der Waals surface area contributed by atoms with Crippen LogP contribution in [0.5, 0.6) is 23.0 Å². The number of methoxy groups -OCH3 is 3. The zero-order chi connectivity index (χ0) is 35.7. The smallest absolute Gasteiger partial charge is 0.550 e. The molecule has 0 atom stereocenters. The third-order valence-corrected chi connectivity index (χ3v) is 7.66. The number of halogens is 3. The number of alkyl halides is 3. The number of nitrogens with zero attached hydrogens (tertiary/aromatic N) is 4. The molecule has 50 heavy (non-hydrogen) atoms. The van der Waals surface area contributed by atoms with Crippen molar-refractivity contribution in [2.75, 3.05) is 32.8 Å². The number of carbonyl (C=O) groups is 1. The van der Waals surface area contributed by atoms with Crippen LogP contribution in [0, 0.1) is 11.3 Å². The first-order valence-corrected chi connectivity index (χ1v) is 15.3. The summed E-state index contributed by atoms with van der Waals surface area (Å²) in [5.74, 6) is 0.914. The molecule has 10 nitrogen and oxygen atoms in total. The summed E-state index contributed by atoms with van der Waals surface area (Å²) < 4.78 is 64.1. The number of anilines is 1. The molecule has 0 aliphatic heterocycles. The molecule has 1 aromatic heterocycles. The second-order valence-electron chi connectivity index (χ2n) is 11.4. The molecule has 0 saturated heterocycles. The van der Waals surface area contributed by atoms with Crippen molar-refractivity contribution >= 4 is 11.9 Å². The Hall–Kier alpha value is -4.51. The summed E-state index contributed by atoms with van der Waals surface area (Å²) in [6.07, 6.45) is -1.84. The second kappa shape index (κ2) is 17.9. The van der Waals surface area contributed by atoms with E-state index in [9.17, 15) is 28.3 Å². The molecule has 0 radical (unpaired) electrons. The number of benzene rings is 3. The topological polar surface area (TPSA) is 130 Å². The van der Waals surface area contributed by atoms with Crippen LogP contribution in [-0.2, 0) is 24.1 Å². The first-order chi connectivity index (χ1) is 23.4. The molecule has 0 N–H and O–H groups in total. The SMILES string of the molecule is COc1cc(CN(Cc2cc(C#N)cc(C(F)(F)F)c2)c2ncc(OCCCC(=O)[O-])cn2)c(-c2cc(C(C)C)ccc2OC)cc1OC.[Na+]. The van der Waals surface area contributed by atoms with Crippen molar-refractivity contribution in [1.82, 2.24) is 9.97 Å². The van der Waals surface area contributed by atoms with E-state index in [0.29, 0.717) is 22.8 Å². The maximum Gasteiger partial charge on any atom is 1.00 e. The van der Waals surface area contributed by atoms with Crippen LogP contribution in [0.25, 0.3) is 11.1 Å². The van der Waals surface area contributed by atoms with Gasteiger partial charge < -0.3 is 33.7 Å². The third-order valence-electron chi connectivity index (χ3n) is 7.66. The van der Waals surface area contributed by atoms with Crippen LogP contribution in [0.4, 0.5) is 19.1 Å². The molecule has 3 aromatic carbocycles. The van der Waals surface area contributed by atoms with E-state index in [1.54, 1.807) is 18.1 Å². The molecular formula is C36H36F3N4NaO6. The standard InChI is InChI=1S/C36H37F3N4O6.Na/c1-22(2)25-8-9-31(46-3)30(14-25)29-16-33(48-5)32(47-4)15-26(29)21-43(20-24-11-23(17-40)12-27(13-24)36(37,38)39)35-41-18-28(19-42-35)49-10-6-7-34(44)45;/h8-9,11-16,18-19,22H,6-7,10,20-21H2,1-5H3,(H,44,45);/q;+1/p-1. The Labute approximate surface area is 311 Å². The van der Waals surface area contributed by atoms with Crippen molar-refractivity contribution in [1.29, 1.82) is 5.26 Å². The normalized spacial score (nSPS) is 11.0. The van der Waals surface area contributed by atoms with Crippen LogP contribution in [-0.4, -0.2) is 43.9 Å². The number of rotatable bonds is 15. The number of aliphatic carboxylic acids is 1. The van der Waals surface area contributed by atoms with E-state index >= 15 is 0 Å². The average Bonchev–Trinajstić information content (AvgIpc) is 3.08. The predicted molar refractivity (Wildman–Crippen MR) is 173 cm³/mol. The van der Waals surface area contributed by atoms with Gasteiger partial charge >= 0.3 is 35.7 Å². The largest absolute Gasteiger partial charge is 1.00 e. The number of carboxylic acid groups (broad SMARTS) is 1. The summed E-state index contributed by atoms with van der Waals surface area (Å²) in [4.78, 5) is 21.3. The Morgan fingerprint density at radius 2 is 1.58 bits per heavy atom. The van der Waals surface area contributed by atoms with Gasteiger partial charge in [-0.15, -0.1) is 0 Å². The van der Waals surface area contributed by atoms with Crippen molar-refractivity contribution in [3.05, 3.63) is 88.7 Å². The monoisotopic (exact) mass is 700 g/mol. The van der Waals surface area contributed by atoms with Crippen LogP contribution in [0.2, 0.25) is 0 Å². The number of ether oxygens (including phenoxy) is 4. The number of nitriles is 1. The zero-order valence-electron chi connectivity index (χ0n) is 28.8. The Kier molecular flexibility index (Phi) is 14.3. The molecule has 0 bridgehead atoms. The summed E-state index contributed by atoms with van der Waals surface area (Å²) in [5, 5.41) is 20.2. The van der Waals surface area contributed by atoms with Crippen molar-refractivity contribution in [3.8, 4) is 40.2 Å². The quantitative estimate of drug-likeness (QED) is 0.135. The number of hydrogen-bond acceptors (Lipinski definition) is 10. The number of carbonyl (C=O) groups excluding carboxylic acids is 1. The van der Waals surface area contributed by atoms with E-state index in [0.717, 1.165) is 28.8 Å². The van der Waals surface area contributed by atoms with Crippen LogP contribution in [0.1, 0.15) is 60.4 Å². The van der Waals surface area contributed by atoms with Gasteiger partial charge in [-0.05, 0) is 83.5 Å². The molecule has 0 aliphatic carbocycles. The summed E-state index contributed by atoms with van der Waals surface area (Å²) >= 11 is 0. The molecular weight excluding hydrogens is 664 g/mol. The molecule has 1 heterocycles. The molecule has 0 amide bonds. The summed E-state index contributed by atoms with van der Waals surface area (Å²) in [5.41, 5.74) is 2.33. The van der Waals surface area contributed by atoms with Gasteiger partial charge in [0.1, 0.15) is 5.75 Å². The van der Waals surface area contributed by atoms with Crippen LogP contribution < -0.4 is 58.5 Å². The minimum atomic E-state index is -4.67. The summed E-state index contributed by atoms with van der Waals surface area (Å²) in [7, 11) is 4.59. The average molecular weight is 701 g/mol.